The van der Waals surface area contributed by atoms with E-state index in [1.807, 2.05) is 14.0 Å². The molecule has 0 fully saturated rings. The zero-order valence-corrected chi connectivity index (χ0v) is 9.97. The van der Waals surface area contributed by atoms with Crippen LogP contribution in [0.25, 0.3) is 11.0 Å². The van der Waals surface area contributed by atoms with E-state index in [9.17, 15) is 5.11 Å². The topological polar surface area (TPSA) is 86.2 Å². The van der Waals surface area contributed by atoms with E-state index in [-0.39, 0.29) is 12.6 Å². The number of aryl methyl sites for hydroxylation is 1. The monoisotopic (exact) mass is 236 g/mol. The van der Waals surface area contributed by atoms with Gasteiger partial charge in [-0.05, 0) is 6.42 Å². The van der Waals surface area contributed by atoms with Crippen LogP contribution in [-0.2, 0) is 13.7 Å². The summed E-state index contributed by atoms with van der Waals surface area (Å²) in [6.45, 7) is 2.50. The summed E-state index contributed by atoms with van der Waals surface area (Å²) in [7, 11) is 1.84. The average Bonchev–Trinajstić information content (AvgIpc) is 2.63. The normalized spacial score (nSPS) is 11.0. The maximum atomic E-state index is 9.31. The summed E-state index contributed by atoms with van der Waals surface area (Å²) in [6, 6.07) is 0. The predicted octanol–water partition coefficient (Wildman–Crippen LogP) is 0.832. The first-order chi connectivity index (χ1) is 8.17. The van der Waals surface area contributed by atoms with Crippen molar-refractivity contribution in [1.82, 2.24) is 14.5 Å². The Morgan fingerprint density at radius 3 is 2.88 bits per heavy atom. The van der Waals surface area contributed by atoms with Crippen LogP contribution in [0.1, 0.15) is 18.9 Å². The molecule has 92 valence electrons. The van der Waals surface area contributed by atoms with Crippen LogP contribution in [-0.4, -0.2) is 26.2 Å². The Kier molecular flexibility index (Phi) is 3.14. The Morgan fingerprint density at radius 1 is 1.47 bits per heavy atom. The minimum Gasteiger partial charge on any atom is -0.477 e. The standard InChI is InChI=1S/C11H16N4O2/c1-3-4-17-10-8-7(6-16)5-15(2)9(8)13-11(12)14-10/h5,16H,3-4,6H2,1-2H3,(H2,12,13,14). The molecular formula is C11H16N4O2. The number of nitrogen functional groups attached to an aromatic ring is 1. The fraction of sp³-hybridized carbons (Fsp3) is 0.455. The van der Waals surface area contributed by atoms with Crippen LogP contribution in [0, 0.1) is 0 Å². The van der Waals surface area contributed by atoms with E-state index in [1.165, 1.54) is 0 Å². The average molecular weight is 236 g/mol. The second-order valence-electron chi connectivity index (χ2n) is 3.86. The number of hydrogen-bond donors (Lipinski definition) is 2. The van der Waals surface area contributed by atoms with Gasteiger partial charge in [0, 0.05) is 18.8 Å². The Morgan fingerprint density at radius 2 is 2.24 bits per heavy atom. The van der Waals surface area contributed by atoms with Gasteiger partial charge in [-0.3, -0.25) is 0 Å². The summed E-state index contributed by atoms with van der Waals surface area (Å²) >= 11 is 0. The SMILES string of the molecule is CCCOc1nc(N)nc2c1c(CO)cn2C. The molecule has 0 aromatic carbocycles. The number of aliphatic hydroxyl groups excluding tert-OH is 1. The Hall–Kier alpha value is -1.82. The Bertz CT molecular complexity index is 536. The number of rotatable bonds is 4. The highest BCUT2D eigenvalue weighted by molar-refractivity contribution is 5.86. The molecule has 2 rings (SSSR count). The summed E-state index contributed by atoms with van der Waals surface area (Å²) in [6.07, 6.45) is 2.68. The van der Waals surface area contributed by atoms with E-state index in [2.05, 4.69) is 9.97 Å². The second kappa shape index (κ2) is 4.58. The van der Waals surface area contributed by atoms with Gasteiger partial charge in [-0.2, -0.15) is 9.97 Å². The number of ether oxygens (including phenoxy) is 1. The molecule has 0 aliphatic rings. The summed E-state index contributed by atoms with van der Waals surface area (Å²) in [5.74, 6) is 0.619. The molecule has 0 bridgehead atoms. The first kappa shape index (κ1) is 11.7. The van der Waals surface area contributed by atoms with E-state index in [1.54, 1.807) is 10.8 Å². The van der Waals surface area contributed by atoms with Gasteiger partial charge in [-0.15, -0.1) is 0 Å². The van der Waals surface area contributed by atoms with Crippen LogP contribution >= 0.6 is 0 Å². The zero-order chi connectivity index (χ0) is 12.4. The molecule has 0 saturated heterocycles. The van der Waals surface area contributed by atoms with Gasteiger partial charge >= 0.3 is 0 Å². The van der Waals surface area contributed by atoms with Crippen LogP contribution in [0.5, 0.6) is 5.88 Å². The summed E-state index contributed by atoms with van der Waals surface area (Å²) in [5, 5.41) is 10.0. The van der Waals surface area contributed by atoms with Crippen LogP contribution in [0.4, 0.5) is 5.95 Å². The number of aliphatic hydroxyl groups is 1. The smallest absolute Gasteiger partial charge is 0.228 e. The van der Waals surface area contributed by atoms with Gasteiger partial charge in [0.15, 0.2) is 0 Å². The van der Waals surface area contributed by atoms with E-state index < -0.39 is 0 Å². The first-order valence-corrected chi connectivity index (χ1v) is 5.52. The van der Waals surface area contributed by atoms with Gasteiger partial charge < -0.3 is 20.1 Å². The lowest BCUT2D eigenvalue weighted by atomic mass is 10.2. The third kappa shape index (κ3) is 2.03. The van der Waals surface area contributed by atoms with Gasteiger partial charge in [0.25, 0.3) is 0 Å². The minimum absolute atomic E-state index is 0.0763. The summed E-state index contributed by atoms with van der Waals surface area (Å²) in [5.41, 5.74) is 7.06. The lowest BCUT2D eigenvalue weighted by Crippen LogP contribution is -2.03. The highest BCUT2D eigenvalue weighted by Crippen LogP contribution is 2.28. The molecule has 0 spiro atoms. The van der Waals surface area contributed by atoms with Crippen LogP contribution in [0.15, 0.2) is 6.20 Å². The molecule has 0 radical (unpaired) electrons. The number of hydrogen-bond acceptors (Lipinski definition) is 5. The number of nitrogens with two attached hydrogens (primary N) is 1. The molecule has 2 heterocycles. The third-order valence-corrected chi connectivity index (χ3v) is 2.49. The van der Waals surface area contributed by atoms with Crippen molar-refractivity contribution in [2.24, 2.45) is 7.05 Å². The fourth-order valence-electron chi connectivity index (χ4n) is 1.76. The van der Waals surface area contributed by atoms with Gasteiger partial charge in [0.1, 0.15) is 5.65 Å². The molecule has 0 amide bonds. The molecule has 0 aliphatic carbocycles. The van der Waals surface area contributed by atoms with Crippen molar-refractivity contribution in [3.8, 4) is 5.88 Å². The quantitative estimate of drug-likeness (QED) is 0.821. The fourth-order valence-corrected chi connectivity index (χ4v) is 1.76. The predicted molar refractivity (Wildman–Crippen MR) is 64.6 cm³/mol. The van der Waals surface area contributed by atoms with Crippen LogP contribution < -0.4 is 10.5 Å². The molecular weight excluding hydrogens is 220 g/mol. The third-order valence-electron chi connectivity index (χ3n) is 2.49. The molecule has 6 heteroatoms. The first-order valence-electron chi connectivity index (χ1n) is 5.52. The summed E-state index contributed by atoms with van der Waals surface area (Å²) < 4.78 is 7.35. The van der Waals surface area contributed by atoms with Crippen LogP contribution in [0.2, 0.25) is 0 Å². The molecule has 2 aromatic heterocycles. The van der Waals surface area contributed by atoms with E-state index in [0.717, 1.165) is 17.4 Å². The highest BCUT2D eigenvalue weighted by atomic mass is 16.5. The van der Waals surface area contributed by atoms with Crippen molar-refractivity contribution in [2.75, 3.05) is 12.3 Å². The van der Waals surface area contributed by atoms with Crippen molar-refractivity contribution >= 4 is 17.0 Å². The van der Waals surface area contributed by atoms with Crippen LogP contribution in [0.3, 0.4) is 0 Å². The highest BCUT2D eigenvalue weighted by Gasteiger charge is 2.15. The molecule has 0 aliphatic heterocycles. The number of fused-ring (bicyclic) bond motifs is 1. The zero-order valence-electron chi connectivity index (χ0n) is 9.97. The lowest BCUT2D eigenvalue weighted by Gasteiger charge is -2.06. The largest absolute Gasteiger partial charge is 0.477 e. The number of aromatic nitrogens is 3. The van der Waals surface area contributed by atoms with Crippen molar-refractivity contribution in [2.45, 2.75) is 20.0 Å². The Labute approximate surface area is 99.0 Å². The molecule has 2 aromatic rings. The van der Waals surface area contributed by atoms with E-state index >= 15 is 0 Å². The van der Waals surface area contributed by atoms with Gasteiger partial charge in [-0.25, -0.2) is 0 Å². The molecule has 3 N–H and O–H groups in total. The maximum absolute atomic E-state index is 9.31. The molecule has 0 atom stereocenters. The molecule has 0 saturated carbocycles. The van der Waals surface area contributed by atoms with Gasteiger partial charge in [0.05, 0.1) is 18.6 Å². The molecule has 0 unspecified atom stereocenters. The van der Waals surface area contributed by atoms with Crippen molar-refractivity contribution < 1.29 is 9.84 Å². The second-order valence-corrected chi connectivity index (χ2v) is 3.86. The summed E-state index contributed by atoms with van der Waals surface area (Å²) in [4.78, 5) is 8.23. The lowest BCUT2D eigenvalue weighted by molar-refractivity contribution is 0.281. The van der Waals surface area contributed by atoms with Crippen molar-refractivity contribution in [3.05, 3.63) is 11.8 Å². The van der Waals surface area contributed by atoms with Crippen molar-refractivity contribution in [3.63, 3.8) is 0 Å². The molecule has 6 nitrogen and oxygen atoms in total. The molecule has 17 heavy (non-hydrogen) atoms. The van der Waals surface area contributed by atoms with E-state index in [0.29, 0.717) is 18.1 Å². The van der Waals surface area contributed by atoms with Gasteiger partial charge in [-0.1, -0.05) is 6.92 Å². The van der Waals surface area contributed by atoms with E-state index in [4.69, 9.17) is 10.5 Å². The van der Waals surface area contributed by atoms with Crippen molar-refractivity contribution in [1.29, 1.82) is 0 Å². The Balaban J connectivity index is 2.62. The number of nitrogens with zero attached hydrogens (tertiary/aromatic N) is 3. The number of anilines is 1. The minimum atomic E-state index is -0.0763. The maximum Gasteiger partial charge on any atom is 0.228 e. The van der Waals surface area contributed by atoms with Gasteiger partial charge in [0.2, 0.25) is 11.8 Å².